The van der Waals surface area contributed by atoms with Crippen LogP contribution in [-0.2, 0) is 4.79 Å². The summed E-state index contributed by atoms with van der Waals surface area (Å²) < 4.78 is 39.5. The van der Waals surface area contributed by atoms with Gasteiger partial charge in [-0.25, -0.2) is 0 Å². The Morgan fingerprint density at radius 1 is 1.29 bits per heavy atom. The molecule has 2 rings (SSSR count). The second-order valence-electron chi connectivity index (χ2n) is 5.31. The van der Waals surface area contributed by atoms with Gasteiger partial charge in [-0.2, -0.15) is 13.2 Å². The maximum Gasteiger partial charge on any atom is 0.405 e. The quantitative estimate of drug-likeness (QED) is 0.685. The zero-order chi connectivity index (χ0) is 17.6. The Morgan fingerprint density at radius 3 is 2.58 bits per heavy atom. The van der Waals surface area contributed by atoms with Gasteiger partial charge in [0, 0.05) is 32.7 Å². The molecule has 0 radical (unpaired) electrons. The number of nitrogens with zero attached hydrogens (tertiary/aromatic N) is 1. The van der Waals surface area contributed by atoms with Crippen molar-refractivity contribution in [1.82, 2.24) is 20.9 Å². The van der Waals surface area contributed by atoms with Crippen molar-refractivity contribution in [2.45, 2.75) is 12.2 Å². The van der Waals surface area contributed by atoms with Crippen LogP contribution in [0.25, 0.3) is 0 Å². The van der Waals surface area contributed by atoms with E-state index in [1.54, 1.807) is 17.5 Å². The third-order valence-corrected chi connectivity index (χ3v) is 4.49. The van der Waals surface area contributed by atoms with Gasteiger partial charge in [0.25, 0.3) is 5.91 Å². The summed E-state index contributed by atoms with van der Waals surface area (Å²) >= 11 is 1.22. The van der Waals surface area contributed by atoms with E-state index in [1.807, 2.05) is 0 Å². The second kappa shape index (κ2) is 8.45. The highest BCUT2D eigenvalue weighted by atomic mass is 32.1. The first kappa shape index (κ1) is 18.7. The van der Waals surface area contributed by atoms with E-state index in [9.17, 15) is 22.8 Å². The molecule has 1 atom stereocenters. The molecule has 10 heteroatoms. The Balaban J connectivity index is 1.80. The first-order chi connectivity index (χ1) is 11.4. The summed E-state index contributed by atoms with van der Waals surface area (Å²) in [6, 6.07) is 1.57. The topological polar surface area (TPSA) is 73.5 Å². The van der Waals surface area contributed by atoms with E-state index in [2.05, 4.69) is 16.0 Å². The predicted octanol–water partition coefficient (Wildman–Crippen LogP) is 0.430. The highest BCUT2D eigenvalue weighted by Crippen LogP contribution is 2.24. The first-order valence-corrected chi connectivity index (χ1v) is 8.36. The molecule has 1 fully saturated rings. The number of alkyl halides is 3. The highest BCUT2D eigenvalue weighted by molar-refractivity contribution is 7.12. The molecule has 1 aromatic heterocycles. The molecule has 1 aliphatic rings. The summed E-state index contributed by atoms with van der Waals surface area (Å²) in [5, 5.41) is 9.34. The maximum atomic E-state index is 13.2. The molecular weight excluding hydrogens is 345 g/mol. The Labute approximate surface area is 141 Å². The third kappa shape index (κ3) is 5.46. The standard InChI is InChI=1S/C14H19F3N4O2S/c15-14(16,17)11(21-5-3-18-4-6-21)8-19-12(22)9-20-13(23)10-2-1-7-24-10/h1-2,7,11,18H,3-6,8-9H2,(H,19,22)(H,20,23). The van der Waals surface area contributed by atoms with Gasteiger partial charge in [-0.15, -0.1) is 11.3 Å². The molecule has 1 unspecified atom stereocenters. The van der Waals surface area contributed by atoms with Crippen LogP contribution in [0.3, 0.4) is 0 Å². The van der Waals surface area contributed by atoms with Crippen LogP contribution in [0.1, 0.15) is 9.67 Å². The molecule has 0 bridgehead atoms. The fraction of sp³-hybridized carbons (Fsp3) is 0.571. The SMILES string of the molecule is O=C(CNC(=O)c1cccs1)NCC(N1CCNCC1)C(F)(F)F. The summed E-state index contributed by atoms with van der Waals surface area (Å²) in [5.74, 6) is -1.07. The largest absolute Gasteiger partial charge is 0.405 e. The number of amides is 2. The molecule has 24 heavy (non-hydrogen) atoms. The van der Waals surface area contributed by atoms with E-state index in [-0.39, 0.29) is 19.6 Å². The maximum absolute atomic E-state index is 13.2. The van der Waals surface area contributed by atoms with Crippen molar-refractivity contribution in [2.75, 3.05) is 39.3 Å². The van der Waals surface area contributed by atoms with Crippen molar-refractivity contribution in [1.29, 1.82) is 0 Å². The summed E-state index contributed by atoms with van der Waals surface area (Å²) in [4.78, 5) is 25.1. The average molecular weight is 364 g/mol. The fourth-order valence-electron chi connectivity index (χ4n) is 2.37. The minimum Gasteiger partial charge on any atom is -0.353 e. The Hall–Kier alpha value is -1.65. The lowest BCUT2D eigenvalue weighted by Crippen LogP contribution is -2.58. The number of halogens is 3. The smallest absolute Gasteiger partial charge is 0.353 e. The Bertz CT molecular complexity index is 545. The number of rotatable bonds is 6. The summed E-state index contributed by atoms with van der Waals surface area (Å²) in [6.45, 7) is 0.624. The molecular formula is C14H19F3N4O2S. The predicted molar refractivity (Wildman–Crippen MR) is 83.9 cm³/mol. The Kier molecular flexibility index (Phi) is 6.58. The van der Waals surface area contributed by atoms with Gasteiger partial charge >= 0.3 is 6.18 Å². The number of hydrogen-bond donors (Lipinski definition) is 3. The van der Waals surface area contributed by atoms with Crippen molar-refractivity contribution in [3.63, 3.8) is 0 Å². The van der Waals surface area contributed by atoms with E-state index in [4.69, 9.17) is 0 Å². The normalized spacial score (nSPS) is 17.3. The van der Waals surface area contributed by atoms with Crippen molar-refractivity contribution >= 4 is 23.2 Å². The molecule has 1 saturated heterocycles. The molecule has 0 saturated carbocycles. The molecule has 0 aromatic carbocycles. The van der Waals surface area contributed by atoms with Gasteiger partial charge in [-0.3, -0.25) is 14.5 Å². The lowest BCUT2D eigenvalue weighted by Gasteiger charge is -2.35. The fourth-order valence-corrected chi connectivity index (χ4v) is 3.01. The molecule has 0 spiro atoms. The molecule has 2 heterocycles. The van der Waals surface area contributed by atoms with Crippen molar-refractivity contribution in [3.05, 3.63) is 22.4 Å². The van der Waals surface area contributed by atoms with E-state index in [0.29, 0.717) is 18.0 Å². The van der Waals surface area contributed by atoms with E-state index in [1.165, 1.54) is 16.2 Å². The van der Waals surface area contributed by atoms with Crippen molar-refractivity contribution in [2.24, 2.45) is 0 Å². The number of hydrogen-bond acceptors (Lipinski definition) is 5. The monoisotopic (exact) mass is 364 g/mol. The van der Waals surface area contributed by atoms with E-state index < -0.39 is 30.6 Å². The van der Waals surface area contributed by atoms with Crippen LogP contribution in [0, 0.1) is 0 Å². The van der Waals surface area contributed by atoms with Crippen LogP contribution in [0.15, 0.2) is 17.5 Å². The summed E-state index contributed by atoms with van der Waals surface area (Å²) in [6.07, 6.45) is -4.43. The lowest BCUT2D eigenvalue weighted by atomic mass is 10.2. The number of carbonyl (C=O) groups excluding carboxylic acids is 2. The Morgan fingerprint density at radius 2 is 2.00 bits per heavy atom. The van der Waals surface area contributed by atoms with E-state index >= 15 is 0 Å². The molecule has 1 aliphatic heterocycles. The number of carbonyl (C=O) groups is 2. The lowest BCUT2D eigenvalue weighted by molar-refractivity contribution is -0.184. The minimum absolute atomic E-state index is 0.273. The van der Waals surface area contributed by atoms with Gasteiger partial charge in [0.15, 0.2) is 0 Å². The van der Waals surface area contributed by atoms with Crippen LogP contribution in [-0.4, -0.2) is 68.2 Å². The average Bonchev–Trinajstić information content (AvgIpc) is 3.07. The first-order valence-electron chi connectivity index (χ1n) is 7.48. The van der Waals surface area contributed by atoms with Crippen LogP contribution in [0.4, 0.5) is 13.2 Å². The van der Waals surface area contributed by atoms with Gasteiger partial charge in [0.05, 0.1) is 11.4 Å². The third-order valence-electron chi connectivity index (χ3n) is 3.62. The molecule has 1 aromatic rings. The number of piperazine rings is 1. The molecule has 0 aliphatic carbocycles. The molecule has 134 valence electrons. The molecule has 3 N–H and O–H groups in total. The van der Waals surface area contributed by atoms with Crippen molar-refractivity contribution in [3.8, 4) is 0 Å². The van der Waals surface area contributed by atoms with Gasteiger partial charge in [0.2, 0.25) is 5.91 Å². The summed E-state index contributed by atoms with van der Waals surface area (Å²) in [5.41, 5.74) is 0. The van der Waals surface area contributed by atoms with Crippen molar-refractivity contribution < 1.29 is 22.8 Å². The molecule has 2 amide bonds. The zero-order valence-electron chi connectivity index (χ0n) is 12.9. The minimum atomic E-state index is -4.43. The van der Waals surface area contributed by atoms with E-state index in [0.717, 1.165) is 0 Å². The van der Waals surface area contributed by atoms with Gasteiger partial charge in [0.1, 0.15) is 6.04 Å². The number of thiophene rings is 1. The van der Waals surface area contributed by atoms with Gasteiger partial charge in [-0.1, -0.05) is 6.07 Å². The van der Waals surface area contributed by atoms with Gasteiger partial charge < -0.3 is 16.0 Å². The van der Waals surface area contributed by atoms with Crippen LogP contribution in [0.2, 0.25) is 0 Å². The molecule has 6 nitrogen and oxygen atoms in total. The van der Waals surface area contributed by atoms with Gasteiger partial charge in [-0.05, 0) is 11.4 Å². The number of nitrogens with one attached hydrogen (secondary N) is 3. The summed E-state index contributed by atoms with van der Waals surface area (Å²) in [7, 11) is 0. The van der Waals surface area contributed by atoms with Crippen LogP contribution in [0.5, 0.6) is 0 Å². The highest BCUT2D eigenvalue weighted by Gasteiger charge is 2.43. The van der Waals surface area contributed by atoms with Crippen LogP contribution >= 0.6 is 11.3 Å². The van der Waals surface area contributed by atoms with Crippen LogP contribution < -0.4 is 16.0 Å². The zero-order valence-corrected chi connectivity index (χ0v) is 13.7. The second-order valence-corrected chi connectivity index (χ2v) is 6.26.